The van der Waals surface area contributed by atoms with Crippen LogP contribution in [0.4, 0.5) is 0 Å². The van der Waals surface area contributed by atoms with Crippen molar-refractivity contribution >= 4 is 43.5 Å². The molecule has 0 spiro atoms. The van der Waals surface area contributed by atoms with Crippen molar-refractivity contribution in [2.45, 2.75) is 0 Å². The molecule has 0 radical (unpaired) electrons. The number of para-hydroxylation sites is 1. The summed E-state index contributed by atoms with van der Waals surface area (Å²) in [4.78, 5) is 5.03. The maximum Gasteiger partial charge on any atom is 0.137 e. The van der Waals surface area contributed by atoms with Gasteiger partial charge in [-0.2, -0.15) is 0 Å². The van der Waals surface area contributed by atoms with E-state index in [2.05, 4.69) is 137 Å². The minimum Gasteiger partial charge on any atom is -0.316 e. The van der Waals surface area contributed by atoms with Crippen LogP contribution < -0.4 is 0 Å². The van der Waals surface area contributed by atoms with Crippen LogP contribution in [-0.4, -0.2) is 14.1 Å². The second-order valence-electron chi connectivity index (χ2n) is 9.71. The van der Waals surface area contributed by atoms with Gasteiger partial charge in [0.05, 0.1) is 16.6 Å². The van der Waals surface area contributed by atoms with Gasteiger partial charge >= 0.3 is 0 Å². The van der Waals surface area contributed by atoms with Crippen molar-refractivity contribution in [1.82, 2.24) is 14.1 Å². The molecule has 0 bridgehead atoms. The third-order valence-electron chi connectivity index (χ3n) is 7.60. The first kappa shape index (κ1) is 21.0. The second-order valence-corrected chi connectivity index (χ2v) is 9.71. The van der Waals surface area contributed by atoms with Gasteiger partial charge in [0.15, 0.2) is 0 Å². The number of aromatic nitrogens is 3. The molecule has 38 heavy (non-hydrogen) atoms. The standard InChI is InChI=1S/C35H23N3/c1-3-9-24(10-4-1)26-16-20-33(36-23-26)38-34-28-14-8-7-11-25(28)15-17-29(34)30-18-19-32-31(35(30)38)21-22-37(32)27-12-5-2-6-13-27/h1-23H. The van der Waals surface area contributed by atoms with Crippen LogP contribution >= 0.6 is 0 Å². The Bertz CT molecular complexity index is 2100. The van der Waals surface area contributed by atoms with Gasteiger partial charge in [-0.1, -0.05) is 91.0 Å². The Hall–Kier alpha value is -5.15. The van der Waals surface area contributed by atoms with Crippen molar-refractivity contribution in [3.8, 4) is 22.6 Å². The molecule has 0 amide bonds. The summed E-state index contributed by atoms with van der Waals surface area (Å²) in [6, 6.07) is 45.1. The van der Waals surface area contributed by atoms with Crippen LogP contribution in [0.3, 0.4) is 0 Å². The first-order chi connectivity index (χ1) is 18.9. The van der Waals surface area contributed by atoms with Crippen molar-refractivity contribution in [2.24, 2.45) is 0 Å². The van der Waals surface area contributed by atoms with E-state index in [-0.39, 0.29) is 0 Å². The first-order valence-corrected chi connectivity index (χ1v) is 12.9. The van der Waals surface area contributed by atoms with Crippen molar-refractivity contribution < 1.29 is 0 Å². The molecule has 0 aliphatic heterocycles. The number of fused-ring (bicyclic) bond motifs is 7. The van der Waals surface area contributed by atoms with Crippen molar-refractivity contribution in [1.29, 1.82) is 0 Å². The molecule has 0 N–H and O–H groups in total. The van der Waals surface area contributed by atoms with Gasteiger partial charge in [-0.15, -0.1) is 0 Å². The van der Waals surface area contributed by atoms with Gasteiger partial charge in [0.2, 0.25) is 0 Å². The number of hydrogen-bond acceptors (Lipinski definition) is 1. The smallest absolute Gasteiger partial charge is 0.137 e. The van der Waals surface area contributed by atoms with Gasteiger partial charge in [-0.25, -0.2) is 4.98 Å². The van der Waals surface area contributed by atoms with Crippen molar-refractivity contribution in [3.63, 3.8) is 0 Å². The fraction of sp³-hybridized carbons (Fsp3) is 0. The molecular weight excluding hydrogens is 462 g/mol. The average Bonchev–Trinajstić information content (AvgIpc) is 3.58. The highest BCUT2D eigenvalue weighted by Gasteiger charge is 2.19. The highest BCUT2D eigenvalue weighted by Crippen LogP contribution is 2.40. The molecule has 0 atom stereocenters. The van der Waals surface area contributed by atoms with Gasteiger partial charge in [-0.3, -0.25) is 4.57 Å². The van der Waals surface area contributed by atoms with Crippen LogP contribution in [0.2, 0.25) is 0 Å². The van der Waals surface area contributed by atoms with E-state index in [4.69, 9.17) is 4.98 Å². The Balaban J connectivity index is 1.48. The minimum absolute atomic E-state index is 0.918. The summed E-state index contributed by atoms with van der Waals surface area (Å²) in [5.41, 5.74) is 6.99. The van der Waals surface area contributed by atoms with E-state index >= 15 is 0 Å². The molecule has 3 heterocycles. The third-order valence-corrected chi connectivity index (χ3v) is 7.60. The van der Waals surface area contributed by atoms with E-state index in [0.717, 1.165) is 17.1 Å². The molecule has 0 aliphatic carbocycles. The Morgan fingerprint density at radius 1 is 0.474 bits per heavy atom. The summed E-state index contributed by atoms with van der Waals surface area (Å²) >= 11 is 0. The maximum atomic E-state index is 5.03. The van der Waals surface area contributed by atoms with Crippen LogP contribution in [0.5, 0.6) is 0 Å². The van der Waals surface area contributed by atoms with Crippen LogP contribution in [0.15, 0.2) is 140 Å². The first-order valence-electron chi connectivity index (χ1n) is 12.9. The van der Waals surface area contributed by atoms with Gasteiger partial charge in [-0.05, 0) is 47.3 Å². The Morgan fingerprint density at radius 2 is 1.18 bits per heavy atom. The molecule has 8 aromatic rings. The zero-order valence-electron chi connectivity index (χ0n) is 20.6. The Morgan fingerprint density at radius 3 is 1.97 bits per heavy atom. The highest BCUT2D eigenvalue weighted by molar-refractivity contribution is 6.23. The molecule has 0 aliphatic rings. The second kappa shape index (κ2) is 8.19. The van der Waals surface area contributed by atoms with Gasteiger partial charge in [0.1, 0.15) is 5.82 Å². The predicted molar refractivity (Wildman–Crippen MR) is 158 cm³/mol. The van der Waals surface area contributed by atoms with Crippen molar-refractivity contribution in [2.75, 3.05) is 0 Å². The highest BCUT2D eigenvalue weighted by atomic mass is 15.1. The van der Waals surface area contributed by atoms with Crippen LogP contribution in [0.25, 0.3) is 66.1 Å². The van der Waals surface area contributed by atoms with E-state index in [9.17, 15) is 0 Å². The van der Waals surface area contributed by atoms with E-state index in [0.29, 0.717) is 0 Å². The van der Waals surface area contributed by atoms with Gasteiger partial charge in [0.25, 0.3) is 0 Å². The topological polar surface area (TPSA) is 22.8 Å². The zero-order chi connectivity index (χ0) is 25.1. The minimum atomic E-state index is 0.918. The molecule has 3 aromatic heterocycles. The Labute approximate surface area is 219 Å². The van der Waals surface area contributed by atoms with Crippen LogP contribution in [-0.2, 0) is 0 Å². The normalized spacial score (nSPS) is 11.7. The largest absolute Gasteiger partial charge is 0.316 e. The molecular formula is C35H23N3. The average molecular weight is 486 g/mol. The quantitative estimate of drug-likeness (QED) is 0.245. The van der Waals surface area contributed by atoms with E-state index < -0.39 is 0 Å². The molecule has 5 aromatic carbocycles. The number of pyridine rings is 1. The van der Waals surface area contributed by atoms with Crippen molar-refractivity contribution in [3.05, 3.63) is 140 Å². The van der Waals surface area contributed by atoms with Gasteiger partial charge < -0.3 is 4.57 Å². The summed E-state index contributed by atoms with van der Waals surface area (Å²) in [6.07, 6.45) is 4.16. The molecule has 0 saturated carbocycles. The number of benzene rings is 5. The predicted octanol–water partition coefficient (Wildman–Crippen LogP) is 8.94. The van der Waals surface area contributed by atoms with E-state index in [1.54, 1.807) is 0 Å². The molecule has 8 rings (SSSR count). The lowest BCUT2D eigenvalue weighted by Crippen LogP contribution is -1.98. The lowest BCUT2D eigenvalue weighted by atomic mass is 10.1. The van der Waals surface area contributed by atoms with E-state index in [1.807, 2.05) is 12.3 Å². The maximum absolute atomic E-state index is 5.03. The fourth-order valence-corrected chi connectivity index (χ4v) is 5.85. The SMILES string of the molecule is c1ccc(-c2ccc(-n3c4c5ccccc5ccc4c4ccc5c(ccn5-c5ccccc5)c43)nc2)cc1. The summed E-state index contributed by atoms with van der Waals surface area (Å²) < 4.78 is 4.63. The number of nitrogens with zero attached hydrogens (tertiary/aromatic N) is 3. The molecule has 0 unspecified atom stereocenters. The van der Waals surface area contributed by atoms with Gasteiger partial charge in [0, 0.05) is 45.2 Å². The lowest BCUT2D eigenvalue weighted by Gasteiger charge is -2.11. The summed E-state index contributed by atoms with van der Waals surface area (Å²) in [7, 11) is 0. The molecule has 3 heteroatoms. The van der Waals surface area contributed by atoms with Crippen LogP contribution in [0.1, 0.15) is 0 Å². The third kappa shape index (κ3) is 3.06. The monoisotopic (exact) mass is 485 g/mol. The number of hydrogen-bond donors (Lipinski definition) is 0. The molecule has 3 nitrogen and oxygen atoms in total. The number of rotatable bonds is 3. The molecule has 178 valence electrons. The summed E-state index contributed by atoms with van der Waals surface area (Å²) in [6.45, 7) is 0. The molecule has 0 fully saturated rings. The fourth-order valence-electron chi connectivity index (χ4n) is 5.85. The van der Waals surface area contributed by atoms with E-state index in [1.165, 1.54) is 49.0 Å². The Kier molecular flexibility index (Phi) is 4.52. The van der Waals surface area contributed by atoms with Crippen LogP contribution in [0, 0.1) is 0 Å². The zero-order valence-corrected chi connectivity index (χ0v) is 20.6. The summed E-state index contributed by atoms with van der Waals surface area (Å²) in [5.74, 6) is 0.918. The summed E-state index contributed by atoms with van der Waals surface area (Å²) in [5, 5.41) is 6.13. The molecule has 0 saturated heterocycles. The lowest BCUT2D eigenvalue weighted by molar-refractivity contribution is 1.09.